The van der Waals surface area contributed by atoms with Crippen molar-refractivity contribution in [1.82, 2.24) is 0 Å². The van der Waals surface area contributed by atoms with Crippen LogP contribution in [0.4, 0.5) is 0 Å². The Labute approximate surface area is 108 Å². The largest absolute Gasteiger partial charge is 0.497 e. The number of hydrogen-bond donors (Lipinski definition) is 0. The van der Waals surface area contributed by atoms with Crippen LogP contribution in [-0.2, 0) is 4.79 Å². The number of benzene rings is 1. The lowest BCUT2D eigenvalue weighted by Gasteiger charge is -2.21. The Hall–Kier alpha value is -1.64. The van der Waals surface area contributed by atoms with Gasteiger partial charge in [0, 0.05) is 11.0 Å². The standard InChI is InChI=1S/C15H20O3/c1-10(14(17)15(2,3)4)13(16)11-7-6-8-12(9-11)18-5/h6-10H,1-5H3. The molecule has 0 heterocycles. The third-order valence-electron chi connectivity index (χ3n) is 2.88. The molecule has 1 aromatic carbocycles. The van der Waals surface area contributed by atoms with Gasteiger partial charge in [0.15, 0.2) is 5.78 Å². The predicted molar refractivity (Wildman–Crippen MR) is 71.0 cm³/mol. The highest BCUT2D eigenvalue weighted by molar-refractivity contribution is 6.11. The molecule has 0 aliphatic carbocycles. The fourth-order valence-electron chi connectivity index (χ4n) is 1.79. The smallest absolute Gasteiger partial charge is 0.173 e. The van der Waals surface area contributed by atoms with Crippen LogP contribution in [0.2, 0.25) is 0 Å². The van der Waals surface area contributed by atoms with Crippen molar-refractivity contribution in [3.63, 3.8) is 0 Å². The van der Waals surface area contributed by atoms with Crippen molar-refractivity contribution in [2.75, 3.05) is 7.11 Å². The number of rotatable bonds is 4. The maximum atomic E-state index is 12.2. The zero-order chi connectivity index (χ0) is 13.9. The molecule has 0 aliphatic rings. The number of Topliss-reactive ketones (excluding diaryl/α,β-unsaturated/α-hetero) is 2. The van der Waals surface area contributed by atoms with E-state index in [9.17, 15) is 9.59 Å². The van der Waals surface area contributed by atoms with Crippen LogP contribution < -0.4 is 4.74 Å². The highest BCUT2D eigenvalue weighted by atomic mass is 16.5. The summed E-state index contributed by atoms with van der Waals surface area (Å²) in [6.07, 6.45) is 0. The molecular weight excluding hydrogens is 228 g/mol. The molecule has 1 aromatic rings. The normalized spacial score (nSPS) is 12.9. The second kappa shape index (κ2) is 5.34. The summed E-state index contributed by atoms with van der Waals surface area (Å²) < 4.78 is 5.08. The van der Waals surface area contributed by atoms with Gasteiger partial charge in [-0.3, -0.25) is 9.59 Å². The Morgan fingerprint density at radius 1 is 1.22 bits per heavy atom. The third-order valence-corrected chi connectivity index (χ3v) is 2.88. The van der Waals surface area contributed by atoms with E-state index in [1.165, 1.54) is 0 Å². The average Bonchev–Trinajstić information content (AvgIpc) is 2.35. The van der Waals surface area contributed by atoms with Gasteiger partial charge in [-0.1, -0.05) is 32.9 Å². The third kappa shape index (κ3) is 3.19. The highest BCUT2D eigenvalue weighted by Gasteiger charge is 2.31. The summed E-state index contributed by atoms with van der Waals surface area (Å²) in [7, 11) is 1.55. The minimum absolute atomic E-state index is 0.0460. The topological polar surface area (TPSA) is 43.4 Å². The van der Waals surface area contributed by atoms with Crippen molar-refractivity contribution in [1.29, 1.82) is 0 Å². The Balaban J connectivity index is 2.96. The highest BCUT2D eigenvalue weighted by Crippen LogP contribution is 2.23. The molecule has 0 amide bonds. The van der Waals surface area contributed by atoms with Crippen LogP contribution in [-0.4, -0.2) is 18.7 Å². The summed E-state index contributed by atoms with van der Waals surface area (Å²) in [6.45, 7) is 7.13. The maximum absolute atomic E-state index is 12.2. The molecule has 0 spiro atoms. The molecule has 0 saturated heterocycles. The molecule has 1 unspecified atom stereocenters. The molecule has 0 aromatic heterocycles. The first-order chi connectivity index (χ1) is 8.27. The van der Waals surface area contributed by atoms with E-state index in [2.05, 4.69) is 0 Å². The summed E-state index contributed by atoms with van der Waals surface area (Å²) in [4.78, 5) is 24.3. The quantitative estimate of drug-likeness (QED) is 0.607. The first-order valence-electron chi connectivity index (χ1n) is 6.00. The molecule has 0 N–H and O–H groups in total. The van der Waals surface area contributed by atoms with Crippen LogP contribution in [0.25, 0.3) is 0 Å². The predicted octanol–water partition coefficient (Wildman–Crippen LogP) is 3.13. The maximum Gasteiger partial charge on any atom is 0.173 e. The van der Waals surface area contributed by atoms with Gasteiger partial charge in [0.25, 0.3) is 0 Å². The molecule has 0 fully saturated rings. The number of ether oxygens (including phenoxy) is 1. The van der Waals surface area contributed by atoms with E-state index in [-0.39, 0.29) is 11.6 Å². The SMILES string of the molecule is COc1cccc(C(=O)C(C)C(=O)C(C)(C)C)c1. The van der Waals surface area contributed by atoms with E-state index >= 15 is 0 Å². The van der Waals surface area contributed by atoms with Crippen LogP contribution in [0.3, 0.4) is 0 Å². The van der Waals surface area contributed by atoms with Gasteiger partial charge in [0.2, 0.25) is 0 Å². The van der Waals surface area contributed by atoms with Gasteiger partial charge in [-0.15, -0.1) is 0 Å². The van der Waals surface area contributed by atoms with Crippen LogP contribution >= 0.6 is 0 Å². The Morgan fingerprint density at radius 2 is 1.83 bits per heavy atom. The van der Waals surface area contributed by atoms with Gasteiger partial charge in [-0.2, -0.15) is 0 Å². The monoisotopic (exact) mass is 248 g/mol. The van der Waals surface area contributed by atoms with E-state index < -0.39 is 11.3 Å². The molecule has 0 bridgehead atoms. The van der Waals surface area contributed by atoms with Gasteiger partial charge in [0.1, 0.15) is 11.5 Å². The van der Waals surface area contributed by atoms with Gasteiger partial charge in [-0.25, -0.2) is 0 Å². The Kier molecular flexibility index (Phi) is 4.28. The van der Waals surface area contributed by atoms with Crippen LogP contribution in [0.15, 0.2) is 24.3 Å². The fourth-order valence-corrected chi connectivity index (χ4v) is 1.79. The first kappa shape index (κ1) is 14.4. The lowest BCUT2D eigenvalue weighted by Crippen LogP contribution is -2.31. The molecule has 3 heteroatoms. The van der Waals surface area contributed by atoms with Crippen LogP contribution in [0, 0.1) is 11.3 Å². The fraction of sp³-hybridized carbons (Fsp3) is 0.467. The molecule has 1 atom stereocenters. The van der Waals surface area contributed by atoms with Crippen molar-refractivity contribution < 1.29 is 14.3 Å². The van der Waals surface area contributed by atoms with E-state index in [0.29, 0.717) is 11.3 Å². The van der Waals surface area contributed by atoms with Crippen LogP contribution in [0.5, 0.6) is 5.75 Å². The number of hydrogen-bond acceptors (Lipinski definition) is 3. The molecule has 0 saturated carbocycles. The van der Waals surface area contributed by atoms with E-state index in [4.69, 9.17) is 4.74 Å². The van der Waals surface area contributed by atoms with Gasteiger partial charge < -0.3 is 4.74 Å². The lowest BCUT2D eigenvalue weighted by molar-refractivity contribution is -0.128. The van der Waals surface area contributed by atoms with Gasteiger partial charge >= 0.3 is 0 Å². The summed E-state index contributed by atoms with van der Waals surface area (Å²) in [6, 6.07) is 6.89. The molecule has 0 radical (unpaired) electrons. The Bertz CT molecular complexity index is 455. The lowest BCUT2D eigenvalue weighted by atomic mass is 9.81. The number of carbonyl (C=O) groups is 2. The van der Waals surface area contributed by atoms with Gasteiger partial charge in [-0.05, 0) is 19.1 Å². The number of carbonyl (C=O) groups excluding carboxylic acids is 2. The van der Waals surface area contributed by atoms with E-state index in [1.807, 2.05) is 20.8 Å². The summed E-state index contributed by atoms with van der Waals surface area (Å²) in [5, 5.41) is 0. The zero-order valence-electron chi connectivity index (χ0n) is 11.6. The van der Waals surface area contributed by atoms with Crippen molar-refractivity contribution >= 4 is 11.6 Å². The number of methoxy groups -OCH3 is 1. The second-order valence-corrected chi connectivity index (χ2v) is 5.43. The van der Waals surface area contributed by atoms with Crippen molar-refractivity contribution in [2.45, 2.75) is 27.7 Å². The average molecular weight is 248 g/mol. The molecule has 18 heavy (non-hydrogen) atoms. The summed E-state index contributed by atoms with van der Waals surface area (Å²) in [5.74, 6) is -0.211. The number of ketones is 2. The van der Waals surface area contributed by atoms with Crippen molar-refractivity contribution in [3.8, 4) is 5.75 Å². The molecule has 3 nitrogen and oxygen atoms in total. The Morgan fingerprint density at radius 3 is 2.33 bits per heavy atom. The molecule has 1 rings (SSSR count). The molecule has 0 aliphatic heterocycles. The van der Waals surface area contributed by atoms with Crippen molar-refractivity contribution in [3.05, 3.63) is 29.8 Å². The first-order valence-corrected chi connectivity index (χ1v) is 6.00. The summed E-state index contributed by atoms with van der Waals surface area (Å²) in [5.41, 5.74) is 0.00737. The summed E-state index contributed by atoms with van der Waals surface area (Å²) >= 11 is 0. The van der Waals surface area contributed by atoms with E-state index in [0.717, 1.165) is 0 Å². The van der Waals surface area contributed by atoms with Gasteiger partial charge in [0.05, 0.1) is 13.0 Å². The second-order valence-electron chi connectivity index (χ2n) is 5.43. The minimum Gasteiger partial charge on any atom is -0.497 e. The van der Waals surface area contributed by atoms with Crippen LogP contribution in [0.1, 0.15) is 38.1 Å². The molecule has 98 valence electrons. The van der Waals surface area contributed by atoms with E-state index in [1.54, 1.807) is 38.3 Å². The zero-order valence-corrected chi connectivity index (χ0v) is 11.6. The van der Waals surface area contributed by atoms with Crippen molar-refractivity contribution in [2.24, 2.45) is 11.3 Å². The molecular formula is C15H20O3. The minimum atomic E-state index is -0.628.